The first kappa shape index (κ1) is 26.5. The van der Waals surface area contributed by atoms with Gasteiger partial charge in [0.1, 0.15) is 18.0 Å². The second-order valence-electron chi connectivity index (χ2n) is 8.06. The highest BCUT2D eigenvalue weighted by Crippen LogP contribution is 2.29. The smallest absolute Gasteiger partial charge is 0.350 e. The maximum Gasteiger partial charge on any atom is 0.451 e. The van der Waals surface area contributed by atoms with E-state index >= 15 is 0 Å². The molecular formula is C22H17F6N5O3S. The lowest BCUT2D eigenvalue weighted by molar-refractivity contribution is -0.145. The number of benzene rings is 1. The summed E-state index contributed by atoms with van der Waals surface area (Å²) in [6.07, 6.45) is -4.04. The number of nitrogens with one attached hydrogen (secondary N) is 1. The van der Waals surface area contributed by atoms with E-state index in [-0.39, 0.29) is 21.6 Å². The molecule has 37 heavy (non-hydrogen) atoms. The highest BCUT2D eigenvalue weighted by Gasteiger charge is 2.44. The number of nitrogens with zero attached hydrogens (tertiary/aromatic N) is 4. The number of halogens is 6. The van der Waals surface area contributed by atoms with Gasteiger partial charge >= 0.3 is 6.18 Å². The summed E-state index contributed by atoms with van der Waals surface area (Å²) in [4.78, 5) is 22.4. The van der Waals surface area contributed by atoms with Gasteiger partial charge in [0.15, 0.2) is 0 Å². The number of amides is 1. The standard InChI is InChI=1S/C22H17F6N5O3S/c23-15-1-3-17(4-2-15)37(35,36)33-11-16(24)6-18(33)20(34)30-8-13-5-12(7-29-19(13)25)14-9-31-21(32-10-14)22(26,27)28/h1-5,7,9-10,16,18H,6,8,11H2,(H,30,34)/t16-,18+/m1/s1. The molecule has 2 aromatic heterocycles. The third kappa shape index (κ3) is 5.72. The molecule has 1 aliphatic rings. The molecule has 196 valence electrons. The number of pyridine rings is 1. The summed E-state index contributed by atoms with van der Waals surface area (Å²) >= 11 is 0. The Morgan fingerprint density at radius 3 is 2.27 bits per heavy atom. The molecule has 0 saturated carbocycles. The zero-order chi connectivity index (χ0) is 27.0. The molecule has 15 heteroatoms. The lowest BCUT2D eigenvalue weighted by Crippen LogP contribution is -2.45. The van der Waals surface area contributed by atoms with Gasteiger partial charge < -0.3 is 5.32 Å². The van der Waals surface area contributed by atoms with Gasteiger partial charge in [0, 0.05) is 54.8 Å². The number of sulfonamides is 1. The monoisotopic (exact) mass is 545 g/mol. The van der Waals surface area contributed by atoms with E-state index in [9.17, 15) is 39.6 Å². The Labute approximate surface area is 206 Å². The van der Waals surface area contributed by atoms with E-state index in [0.717, 1.165) is 42.9 Å². The Kier molecular flexibility index (Phi) is 7.19. The zero-order valence-corrected chi connectivity index (χ0v) is 19.4. The van der Waals surface area contributed by atoms with Crippen LogP contribution in [0.2, 0.25) is 0 Å². The van der Waals surface area contributed by atoms with Gasteiger partial charge in [0.2, 0.25) is 27.7 Å². The van der Waals surface area contributed by atoms with E-state index in [1.54, 1.807) is 0 Å². The maximum atomic E-state index is 14.3. The van der Waals surface area contributed by atoms with E-state index in [4.69, 9.17) is 0 Å². The van der Waals surface area contributed by atoms with Gasteiger partial charge in [-0.2, -0.15) is 21.9 Å². The van der Waals surface area contributed by atoms with Crippen LogP contribution in [0.3, 0.4) is 0 Å². The number of hydrogen-bond donors (Lipinski definition) is 1. The van der Waals surface area contributed by atoms with Crippen molar-refractivity contribution in [2.75, 3.05) is 6.54 Å². The van der Waals surface area contributed by atoms with Gasteiger partial charge in [0.25, 0.3) is 0 Å². The molecule has 1 amide bonds. The largest absolute Gasteiger partial charge is 0.451 e. The third-order valence-electron chi connectivity index (χ3n) is 5.53. The summed E-state index contributed by atoms with van der Waals surface area (Å²) in [5, 5.41) is 2.34. The van der Waals surface area contributed by atoms with Crippen molar-refractivity contribution in [3.63, 3.8) is 0 Å². The summed E-state index contributed by atoms with van der Waals surface area (Å²) in [6.45, 7) is -1.08. The van der Waals surface area contributed by atoms with Gasteiger partial charge in [0.05, 0.1) is 4.90 Å². The number of hydrogen-bond acceptors (Lipinski definition) is 6. The van der Waals surface area contributed by atoms with E-state index in [2.05, 4.69) is 20.3 Å². The first-order valence-electron chi connectivity index (χ1n) is 10.6. The minimum atomic E-state index is -4.74. The molecule has 1 N–H and O–H groups in total. The summed E-state index contributed by atoms with van der Waals surface area (Å²) in [5.74, 6) is -3.95. The first-order valence-corrected chi connectivity index (χ1v) is 12.0. The van der Waals surface area contributed by atoms with Crippen molar-refractivity contribution in [2.45, 2.75) is 36.3 Å². The average molecular weight is 545 g/mol. The van der Waals surface area contributed by atoms with Gasteiger partial charge in [-0.3, -0.25) is 4.79 Å². The van der Waals surface area contributed by atoms with Crippen LogP contribution in [0, 0.1) is 11.8 Å². The molecule has 3 heterocycles. The molecule has 1 aromatic carbocycles. The van der Waals surface area contributed by atoms with Crippen LogP contribution in [0.25, 0.3) is 11.1 Å². The number of alkyl halides is 4. The molecule has 1 aliphatic heterocycles. The lowest BCUT2D eigenvalue weighted by Gasteiger charge is -2.23. The van der Waals surface area contributed by atoms with Crippen molar-refractivity contribution in [3.05, 3.63) is 72.1 Å². The van der Waals surface area contributed by atoms with Crippen molar-refractivity contribution >= 4 is 15.9 Å². The normalized spacial score (nSPS) is 18.6. The topological polar surface area (TPSA) is 105 Å². The van der Waals surface area contributed by atoms with Crippen LogP contribution >= 0.6 is 0 Å². The van der Waals surface area contributed by atoms with E-state index in [0.29, 0.717) is 4.31 Å². The van der Waals surface area contributed by atoms with Crippen molar-refractivity contribution in [1.29, 1.82) is 0 Å². The average Bonchev–Trinajstić information content (AvgIpc) is 3.26. The maximum absolute atomic E-state index is 14.3. The third-order valence-corrected chi connectivity index (χ3v) is 7.42. The van der Waals surface area contributed by atoms with Crippen LogP contribution in [-0.4, -0.2) is 52.3 Å². The van der Waals surface area contributed by atoms with Crippen LogP contribution in [0.15, 0.2) is 53.8 Å². The molecule has 3 aromatic rings. The van der Waals surface area contributed by atoms with Crippen LogP contribution < -0.4 is 5.32 Å². The predicted molar refractivity (Wildman–Crippen MR) is 116 cm³/mol. The summed E-state index contributed by atoms with van der Waals surface area (Å²) < 4.78 is 106. The lowest BCUT2D eigenvalue weighted by atomic mass is 10.1. The van der Waals surface area contributed by atoms with Crippen LogP contribution in [-0.2, 0) is 27.5 Å². The van der Waals surface area contributed by atoms with Crippen LogP contribution in [0.5, 0.6) is 0 Å². The molecule has 0 spiro atoms. The molecule has 4 rings (SSSR count). The van der Waals surface area contributed by atoms with Crippen molar-refractivity contribution in [1.82, 2.24) is 24.6 Å². The molecule has 1 saturated heterocycles. The minimum absolute atomic E-state index is 0.0979. The Morgan fingerprint density at radius 1 is 1.03 bits per heavy atom. The van der Waals surface area contributed by atoms with Gasteiger partial charge in [-0.1, -0.05) is 0 Å². The molecule has 8 nitrogen and oxygen atoms in total. The number of rotatable bonds is 6. The predicted octanol–water partition coefficient (Wildman–Crippen LogP) is 3.25. The molecule has 1 fully saturated rings. The fraction of sp³-hybridized carbons (Fsp3) is 0.273. The molecule has 0 bridgehead atoms. The highest BCUT2D eigenvalue weighted by atomic mass is 32.2. The second-order valence-corrected chi connectivity index (χ2v) is 9.95. The first-order chi connectivity index (χ1) is 17.4. The summed E-state index contributed by atoms with van der Waals surface area (Å²) in [7, 11) is -4.35. The molecule has 0 unspecified atom stereocenters. The molecule has 2 atom stereocenters. The zero-order valence-electron chi connectivity index (χ0n) is 18.6. The van der Waals surface area contributed by atoms with Gasteiger partial charge in [-0.05, 0) is 30.3 Å². The Balaban J connectivity index is 1.50. The van der Waals surface area contributed by atoms with Crippen molar-refractivity contribution in [2.24, 2.45) is 0 Å². The summed E-state index contributed by atoms with van der Waals surface area (Å²) in [6, 6.07) is 3.55. The van der Waals surface area contributed by atoms with Crippen molar-refractivity contribution in [3.8, 4) is 11.1 Å². The Morgan fingerprint density at radius 2 is 1.65 bits per heavy atom. The SMILES string of the molecule is O=C(NCc1cc(-c2cnc(C(F)(F)F)nc2)cnc1F)[C@@H]1C[C@@H](F)CN1S(=O)(=O)c1ccc(F)cc1. The summed E-state index contributed by atoms with van der Waals surface area (Å²) in [5.41, 5.74) is 0.0822. The highest BCUT2D eigenvalue weighted by molar-refractivity contribution is 7.89. The minimum Gasteiger partial charge on any atom is -0.350 e. The second kappa shape index (κ2) is 10.0. The molecular weight excluding hydrogens is 528 g/mol. The quantitative estimate of drug-likeness (QED) is 0.377. The van der Waals surface area contributed by atoms with Crippen molar-refractivity contribution < 1.29 is 39.6 Å². The Bertz CT molecular complexity index is 1400. The fourth-order valence-electron chi connectivity index (χ4n) is 3.70. The number of aromatic nitrogens is 3. The van der Waals surface area contributed by atoms with E-state index < -0.39 is 71.4 Å². The fourth-order valence-corrected chi connectivity index (χ4v) is 5.33. The van der Waals surface area contributed by atoms with Crippen LogP contribution in [0.4, 0.5) is 26.3 Å². The van der Waals surface area contributed by atoms with Gasteiger partial charge in [-0.15, -0.1) is 0 Å². The van der Waals surface area contributed by atoms with Gasteiger partial charge in [-0.25, -0.2) is 32.2 Å². The molecule has 0 aliphatic carbocycles. The van der Waals surface area contributed by atoms with E-state index in [1.165, 1.54) is 6.07 Å². The number of carbonyl (C=O) groups is 1. The molecule has 0 radical (unpaired) electrons. The number of carbonyl (C=O) groups excluding carboxylic acids is 1. The van der Waals surface area contributed by atoms with E-state index in [1.807, 2.05) is 0 Å². The van der Waals surface area contributed by atoms with Crippen LogP contribution in [0.1, 0.15) is 17.8 Å². The Hall–Kier alpha value is -3.59.